The molecule has 0 N–H and O–H groups in total. The second-order valence-electron chi connectivity index (χ2n) is 20.9. The van der Waals surface area contributed by atoms with E-state index in [2.05, 4.69) is 173 Å². The fourth-order valence-corrected chi connectivity index (χ4v) is 8.51. The van der Waals surface area contributed by atoms with Crippen molar-refractivity contribution >= 4 is 17.9 Å². The Hall–Kier alpha value is -4.97. The molecule has 0 aromatic heterocycles. The highest BCUT2D eigenvalue weighted by atomic mass is 16.6. The van der Waals surface area contributed by atoms with E-state index in [0.29, 0.717) is 19.3 Å². The third-order valence-corrected chi connectivity index (χ3v) is 13.3. The van der Waals surface area contributed by atoms with E-state index in [4.69, 9.17) is 14.2 Å². The number of rotatable bonds is 57. The molecule has 0 aliphatic rings. The van der Waals surface area contributed by atoms with Crippen LogP contribution in [0.3, 0.4) is 0 Å². The number of hydrogen-bond acceptors (Lipinski definition) is 6. The van der Waals surface area contributed by atoms with Gasteiger partial charge in [-0.3, -0.25) is 14.4 Å². The van der Waals surface area contributed by atoms with E-state index >= 15 is 0 Å². The second-order valence-corrected chi connectivity index (χ2v) is 20.9. The van der Waals surface area contributed by atoms with Crippen LogP contribution in [0.4, 0.5) is 0 Å². The fourth-order valence-electron chi connectivity index (χ4n) is 8.51. The molecule has 0 aromatic carbocycles. The van der Waals surface area contributed by atoms with Gasteiger partial charge in [0.2, 0.25) is 0 Å². The molecule has 0 fully saturated rings. The minimum Gasteiger partial charge on any atom is -0.462 e. The Labute approximate surface area is 492 Å². The molecule has 0 aliphatic carbocycles. The molecule has 6 heteroatoms. The number of esters is 3. The number of hydrogen-bond donors (Lipinski definition) is 0. The smallest absolute Gasteiger partial charge is 0.306 e. The number of ether oxygens (including phenoxy) is 3. The SMILES string of the molecule is CC/C=C\C/C=C\C/C=C\C/C=C\C/C=C\C/C=C\C/C=C\CCCCCCCCCCCC(=O)OCC(COC(=O)CCCCCCCCCCCCCC)OC(=O)CC/C=C\C/C=C\C/C=C\C/C=C\C/C=C\C/C=C\CC. The first-order chi connectivity index (χ1) is 39.5. The molecule has 1 atom stereocenters. The largest absolute Gasteiger partial charge is 0.462 e. The molecule has 0 radical (unpaired) electrons. The van der Waals surface area contributed by atoms with E-state index in [0.717, 1.165) is 128 Å². The molecule has 0 bridgehead atoms. The molecule has 0 aromatic rings. The van der Waals surface area contributed by atoms with Crippen molar-refractivity contribution in [3.8, 4) is 0 Å². The van der Waals surface area contributed by atoms with Crippen LogP contribution in [0, 0.1) is 0 Å². The normalized spacial score (nSPS) is 13.2. The maximum atomic E-state index is 12.9. The van der Waals surface area contributed by atoms with E-state index in [9.17, 15) is 14.4 Å². The Morgan fingerprint density at radius 1 is 0.263 bits per heavy atom. The predicted octanol–water partition coefficient (Wildman–Crippen LogP) is 22.5. The standard InChI is InChI=1S/C74H118O6/c1-4-7-10-13-16-19-22-25-27-29-31-32-33-34-35-36-37-38-39-40-41-42-44-45-47-49-52-55-58-61-64-67-73(76)79-70-71(69-78-72(75)66-63-60-57-54-51-24-21-18-15-12-9-6-3)80-74(77)68-65-62-59-56-53-50-48-46-43-30-28-26-23-20-17-14-11-8-5-2/h7-8,10-11,16-17,19-20,25-28,31-32,34-35,37-38,40-41,43,46,50,53,59,62,71H,4-6,9,12-15,18,21-24,29-30,33,36,39,42,44-45,47-49,51-52,54-58,60-61,63-70H2,1-3H3/b10-7-,11-8-,19-16-,20-17-,27-25-,28-26-,32-31-,35-34-,38-37-,41-40-,46-43-,53-50-,62-59-. The first-order valence-electron chi connectivity index (χ1n) is 32.5. The van der Waals surface area contributed by atoms with Crippen LogP contribution in [0.1, 0.15) is 271 Å². The Kier molecular flexibility index (Phi) is 62.4. The summed E-state index contributed by atoms with van der Waals surface area (Å²) >= 11 is 0. The van der Waals surface area contributed by atoms with Gasteiger partial charge < -0.3 is 14.2 Å². The number of allylic oxidation sites excluding steroid dienone is 26. The van der Waals surface area contributed by atoms with Crippen molar-refractivity contribution in [2.45, 2.75) is 277 Å². The molecule has 0 aliphatic heterocycles. The summed E-state index contributed by atoms with van der Waals surface area (Å²) in [5.74, 6) is -1.01. The Morgan fingerprint density at radius 2 is 0.512 bits per heavy atom. The van der Waals surface area contributed by atoms with Gasteiger partial charge in [0.15, 0.2) is 6.10 Å². The molecule has 0 rings (SSSR count). The van der Waals surface area contributed by atoms with Crippen molar-refractivity contribution in [1.82, 2.24) is 0 Å². The summed E-state index contributed by atoms with van der Waals surface area (Å²) in [7, 11) is 0. The zero-order valence-corrected chi connectivity index (χ0v) is 51.5. The van der Waals surface area contributed by atoms with Crippen LogP contribution in [-0.2, 0) is 28.6 Å². The Bertz CT molecular complexity index is 1790. The minimum atomic E-state index is -0.827. The average molecular weight is 1100 g/mol. The maximum absolute atomic E-state index is 12.9. The fraction of sp³-hybridized carbons (Fsp3) is 0.608. The molecule has 1 unspecified atom stereocenters. The number of unbranched alkanes of at least 4 members (excludes halogenated alkanes) is 20. The summed E-state index contributed by atoms with van der Waals surface area (Å²) in [5.41, 5.74) is 0. The zero-order valence-electron chi connectivity index (χ0n) is 51.5. The first kappa shape index (κ1) is 75.0. The molecular weight excluding hydrogens is 985 g/mol. The van der Waals surface area contributed by atoms with E-state index < -0.39 is 12.1 Å². The van der Waals surface area contributed by atoms with Gasteiger partial charge in [-0.15, -0.1) is 0 Å². The second kappa shape index (κ2) is 66.5. The van der Waals surface area contributed by atoms with E-state index in [1.807, 2.05) is 6.08 Å². The van der Waals surface area contributed by atoms with Crippen LogP contribution in [0.2, 0.25) is 0 Å². The lowest BCUT2D eigenvalue weighted by atomic mass is 10.0. The van der Waals surface area contributed by atoms with Crippen molar-refractivity contribution in [2.75, 3.05) is 13.2 Å². The number of carbonyl (C=O) groups excluding carboxylic acids is 3. The highest BCUT2D eigenvalue weighted by Crippen LogP contribution is 2.15. The highest BCUT2D eigenvalue weighted by Gasteiger charge is 2.19. The summed E-state index contributed by atoms with van der Waals surface area (Å²) < 4.78 is 16.8. The van der Waals surface area contributed by atoms with Crippen molar-refractivity contribution in [3.05, 3.63) is 158 Å². The molecule has 0 heterocycles. The van der Waals surface area contributed by atoms with E-state index in [-0.39, 0.29) is 31.6 Å². The van der Waals surface area contributed by atoms with Crippen LogP contribution in [0.15, 0.2) is 158 Å². The third-order valence-electron chi connectivity index (χ3n) is 13.3. The topological polar surface area (TPSA) is 78.9 Å². The monoisotopic (exact) mass is 1100 g/mol. The van der Waals surface area contributed by atoms with Crippen LogP contribution in [0.25, 0.3) is 0 Å². The predicted molar refractivity (Wildman–Crippen MR) is 348 cm³/mol. The van der Waals surface area contributed by atoms with Gasteiger partial charge in [-0.25, -0.2) is 0 Å². The van der Waals surface area contributed by atoms with Gasteiger partial charge in [0, 0.05) is 19.3 Å². The van der Waals surface area contributed by atoms with Gasteiger partial charge >= 0.3 is 17.9 Å². The molecule has 0 saturated carbocycles. The quantitative estimate of drug-likeness (QED) is 0.0261. The van der Waals surface area contributed by atoms with Gasteiger partial charge in [-0.1, -0.05) is 294 Å². The Balaban J connectivity index is 4.38. The van der Waals surface area contributed by atoms with Crippen LogP contribution < -0.4 is 0 Å². The minimum absolute atomic E-state index is 0.113. The molecule has 80 heavy (non-hydrogen) atoms. The molecule has 6 nitrogen and oxygen atoms in total. The van der Waals surface area contributed by atoms with Crippen molar-refractivity contribution in [3.63, 3.8) is 0 Å². The summed E-state index contributed by atoms with van der Waals surface area (Å²) in [5, 5.41) is 0. The van der Waals surface area contributed by atoms with Gasteiger partial charge in [-0.05, 0) is 116 Å². The molecule has 0 amide bonds. The lowest BCUT2D eigenvalue weighted by molar-refractivity contribution is -0.166. The van der Waals surface area contributed by atoms with Crippen molar-refractivity contribution in [2.24, 2.45) is 0 Å². The van der Waals surface area contributed by atoms with Gasteiger partial charge in [0.25, 0.3) is 0 Å². The van der Waals surface area contributed by atoms with E-state index in [1.54, 1.807) is 0 Å². The van der Waals surface area contributed by atoms with Gasteiger partial charge in [-0.2, -0.15) is 0 Å². The lowest BCUT2D eigenvalue weighted by Crippen LogP contribution is -2.30. The summed E-state index contributed by atoms with van der Waals surface area (Å²) in [6, 6.07) is 0. The molecular formula is C74H118O6. The first-order valence-corrected chi connectivity index (χ1v) is 32.5. The van der Waals surface area contributed by atoms with Gasteiger partial charge in [0.05, 0.1) is 0 Å². The van der Waals surface area contributed by atoms with Crippen LogP contribution in [0.5, 0.6) is 0 Å². The van der Waals surface area contributed by atoms with Crippen molar-refractivity contribution in [1.29, 1.82) is 0 Å². The van der Waals surface area contributed by atoms with E-state index in [1.165, 1.54) is 96.3 Å². The molecule has 0 saturated heterocycles. The summed E-state index contributed by atoms with van der Waals surface area (Å²) in [4.78, 5) is 38.2. The molecule has 0 spiro atoms. The third kappa shape index (κ3) is 63.9. The Morgan fingerprint density at radius 3 is 0.812 bits per heavy atom. The van der Waals surface area contributed by atoms with Crippen LogP contribution in [-0.4, -0.2) is 37.2 Å². The summed E-state index contributed by atoms with van der Waals surface area (Å²) in [6.07, 6.45) is 96.9. The molecule has 450 valence electrons. The number of carbonyl (C=O) groups is 3. The lowest BCUT2D eigenvalue weighted by Gasteiger charge is -2.18. The van der Waals surface area contributed by atoms with Gasteiger partial charge in [0.1, 0.15) is 13.2 Å². The maximum Gasteiger partial charge on any atom is 0.306 e. The van der Waals surface area contributed by atoms with Crippen LogP contribution >= 0.6 is 0 Å². The highest BCUT2D eigenvalue weighted by molar-refractivity contribution is 5.71. The van der Waals surface area contributed by atoms with Crippen molar-refractivity contribution < 1.29 is 28.6 Å². The average Bonchev–Trinajstić information content (AvgIpc) is 3.46. The zero-order chi connectivity index (χ0) is 57.8. The summed E-state index contributed by atoms with van der Waals surface area (Å²) in [6.45, 7) is 6.34.